The molecule has 1 aliphatic heterocycles. The average Bonchev–Trinajstić information content (AvgIpc) is 3.05. The summed E-state index contributed by atoms with van der Waals surface area (Å²) >= 11 is 0. The number of fused-ring (bicyclic) bond motifs is 3. The molecular weight excluding hydrogens is 248 g/mol. The molecule has 20 heavy (non-hydrogen) atoms. The smallest absolute Gasteiger partial charge is 0.189 e. The Morgan fingerprint density at radius 1 is 1.15 bits per heavy atom. The molecule has 0 radical (unpaired) electrons. The number of benzene rings is 1. The number of ether oxygens (including phenoxy) is 1. The van der Waals surface area contributed by atoms with E-state index >= 15 is 0 Å². The predicted molar refractivity (Wildman–Crippen MR) is 78.3 cm³/mol. The van der Waals surface area contributed by atoms with E-state index in [1.165, 1.54) is 37.7 Å². The van der Waals surface area contributed by atoms with Crippen LogP contribution in [0.1, 0.15) is 53.6 Å². The lowest BCUT2D eigenvalue weighted by Gasteiger charge is -2.18. The summed E-state index contributed by atoms with van der Waals surface area (Å²) in [6.45, 7) is 0.723. The van der Waals surface area contributed by atoms with Crippen LogP contribution in [0.25, 0.3) is 0 Å². The molecule has 104 valence electrons. The first-order chi connectivity index (χ1) is 9.83. The van der Waals surface area contributed by atoms with Crippen LogP contribution in [0.3, 0.4) is 0 Å². The second-order valence-corrected chi connectivity index (χ2v) is 6.27. The largest absolute Gasteiger partial charge is 0.493 e. The van der Waals surface area contributed by atoms with Crippen LogP contribution in [0, 0.1) is 5.92 Å². The molecule has 1 heterocycles. The van der Waals surface area contributed by atoms with E-state index in [2.05, 4.69) is 12.1 Å². The highest BCUT2D eigenvalue weighted by atomic mass is 16.5. The maximum absolute atomic E-state index is 12.7. The van der Waals surface area contributed by atoms with Crippen molar-refractivity contribution in [2.24, 2.45) is 5.92 Å². The third-order valence-corrected chi connectivity index (χ3v) is 4.95. The molecule has 0 bridgehead atoms. The van der Waals surface area contributed by atoms with E-state index in [0.717, 1.165) is 41.9 Å². The summed E-state index contributed by atoms with van der Waals surface area (Å²) in [7, 11) is 0. The van der Waals surface area contributed by atoms with Gasteiger partial charge in [-0.25, -0.2) is 0 Å². The highest BCUT2D eigenvalue weighted by molar-refractivity contribution is 6.14. The van der Waals surface area contributed by atoms with Gasteiger partial charge in [-0.3, -0.25) is 4.79 Å². The first-order valence-electron chi connectivity index (χ1n) is 7.86. The summed E-state index contributed by atoms with van der Waals surface area (Å²) < 4.78 is 5.59. The minimum atomic E-state index is 0.271. The van der Waals surface area contributed by atoms with Crippen molar-refractivity contribution in [1.82, 2.24) is 0 Å². The van der Waals surface area contributed by atoms with Crippen LogP contribution < -0.4 is 4.74 Å². The summed E-state index contributed by atoms with van der Waals surface area (Å²) in [5.74, 6) is 1.82. The molecule has 4 rings (SSSR count). The van der Waals surface area contributed by atoms with Gasteiger partial charge in [0.2, 0.25) is 0 Å². The van der Waals surface area contributed by atoms with Gasteiger partial charge in [0.15, 0.2) is 5.78 Å². The minimum absolute atomic E-state index is 0.271. The maximum atomic E-state index is 12.7. The second kappa shape index (κ2) is 4.76. The van der Waals surface area contributed by atoms with Crippen molar-refractivity contribution in [3.8, 4) is 5.75 Å². The molecule has 0 amide bonds. The van der Waals surface area contributed by atoms with Gasteiger partial charge in [0.25, 0.3) is 0 Å². The van der Waals surface area contributed by atoms with Gasteiger partial charge in [-0.1, -0.05) is 31.4 Å². The van der Waals surface area contributed by atoms with Gasteiger partial charge >= 0.3 is 0 Å². The van der Waals surface area contributed by atoms with Gasteiger partial charge in [-0.15, -0.1) is 0 Å². The molecule has 0 saturated heterocycles. The van der Waals surface area contributed by atoms with Crippen LogP contribution in [-0.4, -0.2) is 12.4 Å². The first kappa shape index (κ1) is 12.2. The molecular formula is C18H20O2. The number of allylic oxidation sites excluding steroid dienone is 2. The predicted octanol–water partition coefficient (Wildman–Crippen LogP) is 3.87. The first-order valence-corrected chi connectivity index (χ1v) is 7.86. The van der Waals surface area contributed by atoms with Crippen molar-refractivity contribution < 1.29 is 9.53 Å². The number of hydrogen-bond acceptors (Lipinski definition) is 2. The Hall–Kier alpha value is -1.57. The number of ketones is 1. The van der Waals surface area contributed by atoms with Crippen molar-refractivity contribution >= 4 is 5.78 Å². The summed E-state index contributed by atoms with van der Waals surface area (Å²) in [6.07, 6.45) is 10.5. The van der Waals surface area contributed by atoms with E-state index in [1.807, 2.05) is 6.07 Å². The van der Waals surface area contributed by atoms with E-state index < -0.39 is 0 Å². The standard InChI is InChI=1S/C18H20O2/c19-18-14(10-12-4-2-1-3-5-12)11-13-6-7-16-15(17(13)18)8-9-20-16/h6-7,10,12H,1-5,8-9,11H2/b14-10+. The van der Waals surface area contributed by atoms with Gasteiger partial charge in [0.1, 0.15) is 5.75 Å². The van der Waals surface area contributed by atoms with Crippen molar-refractivity contribution in [2.45, 2.75) is 44.9 Å². The fourth-order valence-electron chi connectivity index (χ4n) is 3.92. The van der Waals surface area contributed by atoms with Crippen LogP contribution in [0.5, 0.6) is 5.75 Å². The Morgan fingerprint density at radius 3 is 2.85 bits per heavy atom. The molecule has 0 spiro atoms. The van der Waals surface area contributed by atoms with Crippen LogP contribution in [-0.2, 0) is 12.8 Å². The van der Waals surface area contributed by atoms with E-state index in [1.54, 1.807) is 0 Å². The highest BCUT2D eigenvalue weighted by Crippen LogP contribution is 2.38. The maximum Gasteiger partial charge on any atom is 0.189 e. The van der Waals surface area contributed by atoms with Crippen molar-refractivity contribution in [1.29, 1.82) is 0 Å². The monoisotopic (exact) mass is 268 g/mol. The van der Waals surface area contributed by atoms with E-state index in [9.17, 15) is 4.79 Å². The molecule has 2 heteroatoms. The van der Waals surface area contributed by atoms with Gasteiger partial charge in [0, 0.05) is 29.5 Å². The fraction of sp³-hybridized carbons (Fsp3) is 0.500. The lowest BCUT2D eigenvalue weighted by molar-refractivity contribution is 0.103. The van der Waals surface area contributed by atoms with Crippen LogP contribution in [0.15, 0.2) is 23.8 Å². The molecule has 1 saturated carbocycles. The molecule has 0 atom stereocenters. The van der Waals surface area contributed by atoms with Crippen molar-refractivity contribution in [3.05, 3.63) is 40.5 Å². The molecule has 2 nitrogen and oxygen atoms in total. The zero-order valence-corrected chi connectivity index (χ0v) is 11.8. The average molecular weight is 268 g/mol. The van der Waals surface area contributed by atoms with Crippen LogP contribution in [0.4, 0.5) is 0 Å². The SMILES string of the molecule is O=C1/C(=C/C2CCCCC2)Cc2ccc3c(c21)CCO3. The quantitative estimate of drug-likeness (QED) is 0.723. The van der Waals surface area contributed by atoms with Gasteiger partial charge in [-0.2, -0.15) is 0 Å². The molecule has 1 aromatic carbocycles. The third kappa shape index (κ3) is 1.90. The van der Waals surface area contributed by atoms with Crippen molar-refractivity contribution in [2.75, 3.05) is 6.61 Å². The Balaban J connectivity index is 1.67. The summed E-state index contributed by atoms with van der Waals surface area (Å²) in [5, 5.41) is 0. The number of hydrogen-bond donors (Lipinski definition) is 0. The third-order valence-electron chi connectivity index (χ3n) is 4.95. The Morgan fingerprint density at radius 2 is 2.00 bits per heavy atom. The second-order valence-electron chi connectivity index (χ2n) is 6.27. The lowest BCUT2D eigenvalue weighted by atomic mass is 9.87. The summed E-state index contributed by atoms with van der Waals surface area (Å²) in [6, 6.07) is 4.12. The molecule has 0 N–H and O–H groups in total. The Bertz CT molecular complexity index is 592. The molecule has 1 aromatic rings. The minimum Gasteiger partial charge on any atom is -0.493 e. The zero-order chi connectivity index (χ0) is 13.5. The van der Waals surface area contributed by atoms with E-state index in [-0.39, 0.29) is 5.78 Å². The highest BCUT2D eigenvalue weighted by Gasteiger charge is 2.31. The Kier molecular flexibility index (Phi) is 2.90. The summed E-state index contributed by atoms with van der Waals surface area (Å²) in [5.41, 5.74) is 4.36. The Labute approximate surface area is 119 Å². The molecule has 3 aliphatic rings. The lowest BCUT2D eigenvalue weighted by Crippen LogP contribution is -2.06. The molecule has 0 aromatic heterocycles. The number of rotatable bonds is 1. The summed E-state index contributed by atoms with van der Waals surface area (Å²) in [4.78, 5) is 12.7. The number of carbonyl (C=O) groups excluding carboxylic acids is 1. The topological polar surface area (TPSA) is 26.3 Å². The van der Waals surface area contributed by atoms with Crippen LogP contribution >= 0.6 is 0 Å². The van der Waals surface area contributed by atoms with E-state index in [4.69, 9.17) is 4.74 Å². The van der Waals surface area contributed by atoms with Gasteiger partial charge in [0.05, 0.1) is 6.61 Å². The number of carbonyl (C=O) groups is 1. The van der Waals surface area contributed by atoms with Crippen molar-refractivity contribution in [3.63, 3.8) is 0 Å². The normalized spacial score (nSPS) is 23.8. The zero-order valence-electron chi connectivity index (χ0n) is 11.8. The molecule has 0 unspecified atom stereocenters. The molecule has 2 aliphatic carbocycles. The number of Topliss-reactive ketones (excluding diaryl/α,β-unsaturated/α-hetero) is 1. The van der Waals surface area contributed by atoms with Gasteiger partial charge < -0.3 is 4.74 Å². The van der Waals surface area contributed by atoms with Crippen LogP contribution in [0.2, 0.25) is 0 Å². The van der Waals surface area contributed by atoms with E-state index in [0.29, 0.717) is 5.92 Å². The molecule has 1 fully saturated rings. The fourth-order valence-corrected chi connectivity index (χ4v) is 3.92. The van der Waals surface area contributed by atoms with Gasteiger partial charge in [-0.05, 0) is 30.4 Å².